The van der Waals surface area contributed by atoms with Crippen LogP contribution in [0.2, 0.25) is 0 Å². The fraction of sp³-hybridized carbons (Fsp3) is 0.222. The van der Waals surface area contributed by atoms with Crippen molar-refractivity contribution in [2.75, 3.05) is 18.9 Å². The molecule has 0 saturated carbocycles. The average Bonchev–Trinajstić information content (AvgIpc) is 2.93. The summed E-state index contributed by atoms with van der Waals surface area (Å²) < 4.78 is 38.2. The molecule has 0 spiro atoms. The molecule has 0 radical (unpaired) electrons. The lowest BCUT2D eigenvalue weighted by Crippen LogP contribution is -2.40. The number of rotatable bonds is 6. The van der Waals surface area contributed by atoms with Gasteiger partial charge in [-0.25, -0.2) is 13.2 Å². The summed E-state index contributed by atoms with van der Waals surface area (Å²) in [6.07, 6.45) is 0. The minimum absolute atomic E-state index is 0.0197. The molecule has 3 rings (SSSR count). The van der Waals surface area contributed by atoms with Crippen molar-refractivity contribution in [1.82, 2.24) is 10.6 Å². The summed E-state index contributed by atoms with van der Waals surface area (Å²) in [5.74, 6) is 0.161. The Hall–Kier alpha value is -3.27. The van der Waals surface area contributed by atoms with Crippen molar-refractivity contribution >= 4 is 27.6 Å². The van der Waals surface area contributed by atoms with Crippen LogP contribution in [-0.4, -0.2) is 34.6 Å². The normalized spacial score (nSPS) is 19.0. The molecule has 0 aliphatic carbocycles. The van der Waals surface area contributed by atoms with E-state index in [0.717, 1.165) is 0 Å². The Kier molecular flexibility index (Phi) is 4.90. The van der Waals surface area contributed by atoms with Gasteiger partial charge in [-0.15, -0.1) is 0 Å². The van der Waals surface area contributed by atoms with E-state index in [0.29, 0.717) is 11.3 Å². The summed E-state index contributed by atoms with van der Waals surface area (Å²) in [6, 6.07) is 9.86. The van der Waals surface area contributed by atoms with Gasteiger partial charge in [0.25, 0.3) is 15.9 Å². The van der Waals surface area contributed by atoms with Crippen LogP contribution in [0.5, 0.6) is 11.5 Å². The van der Waals surface area contributed by atoms with Crippen molar-refractivity contribution < 1.29 is 27.5 Å². The Morgan fingerprint density at radius 1 is 1.00 bits per heavy atom. The van der Waals surface area contributed by atoms with E-state index in [2.05, 4.69) is 15.4 Å². The monoisotopic (exact) mass is 405 g/mol. The molecule has 1 fully saturated rings. The molecule has 3 N–H and O–H groups in total. The number of hydrogen-bond donors (Lipinski definition) is 3. The second-order valence-corrected chi connectivity index (χ2v) is 7.92. The van der Waals surface area contributed by atoms with E-state index in [4.69, 9.17) is 9.47 Å². The molecule has 1 aliphatic heterocycles. The van der Waals surface area contributed by atoms with E-state index in [-0.39, 0.29) is 16.3 Å². The summed E-state index contributed by atoms with van der Waals surface area (Å²) in [4.78, 5) is 23.6. The number of amides is 3. The Morgan fingerprint density at radius 3 is 2.32 bits per heavy atom. The minimum Gasteiger partial charge on any atom is -0.493 e. The maximum atomic E-state index is 12.7. The smallest absolute Gasteiger partial charge is 0.322 e. The van der Waals surface area contributed by atoms with Crippen LogP contribution in [0, 0.1) is 0 Å². The van der Waals surface area contributed by atoms with Crippen LogP contribution >= 0.6 is 0 Å². The van der Waals surface area contributed by atoms with Crippen LogP contribution in [0.15, 0.2) is 47.4 Å². The van der Waals surface area contributed by atoms with Gasteiger partial charge >= 0.3 is 6.03 Å². The second kappa shape index (κ2) is 7.04. The zero-order valence-electron chi connectivity index (χ0n) is 15.4. The Bertz CT molecular complexity index is 1050. The molecule has 10 heteroatoms. The van der Waals surface area contributed by atoms with Gasteiger partial charge in [-0.1, -0.05) is 12.1 Å². The quantitative estimate of drug-likeness (QED) is 0.627. The van der Waals surface area contributed by atoms with Gasteiger partial charge < -0.3 is 14.8 Å². The van der Waals surface area contributed by atoms with E-state index in [9.17, 15) is 18.0 Å². The van der Waals surface area contributed by atoms with Crippen LogP contribution in [0.3, 0.4) is 0 Å². The van der Waals surface area contributed by atoms with E-state index >= 15 is 0 Å². The third kappa shape index (κ3) is 3.46. The molecule has 148 valence electrons. The van der Waals surface area contributed by atoms with Gasteiger partial charge in [0.1, 0.15) is 5.54 Å². The van der Waals surface area contributed by atoms with E-state index in [1.54, 1.807) is 18.2 Å². The molecule has 1 saturated heterocycles. The SMILES string of the molecule is COc1ccc(S(=O)(=O)Nc2cccc([C@]3(C)NC(=O)NC3=O)c2)cc1OC. The predicted molar refractivity (Wildman–Crippen MR) is 101 cm³/mol. The minimum atomic E-state index is -3.93. The lowest BCUT2D eigenvalue weighted by atomic mass is 9.92. The highest BCUT2D eigenvalue weighted by Crippen LogP contribution is 2.31. The molecule has 0 unspecified atom stereocenters. The summed E-state index contributed by atoms with van der Waals surface area (Å²) in [6.45, 7) is 1.54. The van der Waals surface area contributed by atoms with Gasteiger partial charge in [-0.05, 0) is 36.8 Å². The van der Waals surface area contributed by atoms with Gasteiger partial charge in [-0.3, -0.25) is 14.8 Å². The first kappa shape index (κ1) is 19.5. The molecule has 0 aromatic heterocycles. The summed E-state index contributed by atoms with van der Waals surface area (Å²) in [5, 5.41) is 4.71. The maximum Gasteiger partial charge on any atom is 0.322 e. The van der Waals surface area contributed by atoms with Gasteiger partial charge in [0.15, 0.2) is 11.5 Å². The van der Waals surface area contributed by atoms with Crippen LogP contribution in [-0.2, 0) is 20.4 Å². The van der Waals surface area contributed by atoms with Crippen LogP contribution in [0.25, 0.3) is 0 Å². The number of benzene rings is 2. The number of carbonyl (C=O) groups is 2. The lowest BCUT2D eigenvalue weighted by Gasteiger charge is -2.22. The summed E-state index contributed by atoms with van der Waals surface area (Å²) >= 11 is 0. The van der Waals surface area contributed by atoms with Crippen LogP contribution in [0.1, 0.15) is 12.5 Å². The van der Waals surface area contributed by atoms with Crippen molar-refractivity contribution in [3.63, 3.8) is 0 Å². The summed E-state index contributed by atoms with van der Waals surface area (Å²) in [5.41, 5.74) is -0.618. The number of anilines is 1. The number of urea groups is 1. The molecule has 1 aliphatic rings. The molecule has 0 bridgehead atoms. The number of hydrogen-bond acceptors (Lipinski definition) is 6. The Labute approximate surface area is 162 Å². The Balaban J connectivity index is 1.92. The fourth-order valence-electron chi connectivity index (χ4n) is 2.84. The van der Waals surface area contributed by atoms with Crippen molar-refractivity contribution in [1.29, 1.82) is 0 Å². The van der Waals surface area contributed by atoms with Crippen molar-refractivity contribution in [3.8, 4) is 11.5 Å². The maximum absolute atomic E-state index is 12.7. The average molecular weight is 405 g/mol. The molecule has 9 nitrogen and oxygen atoms in total. The Morgan fingerprint density at radius 2 is 1.71 bits per heavy atom. The first-order chi connectivity index (χ1) is 13.2. The van der Waals surface area contributed by atoms with Gasteiger partial charge in [0, 0.05) is 11.8 Å². The zero-order chi connectivity index (χ0) is 20.5. The highest BCUT2D eigenvalue weighted by Gasteiger charge is 2.43. The van der Waals surface area contributed by atoms with Crippen LogP contribution in [0.4, 0.5) is 10.5 Å². The van der Waals surface area contributed by atoms with Gasteiger partial charge in [0.2, 0.25) is 0 Å². The highest BCUT2D eigenvalue weighted by molar-refractivity contribution is 7.92. The number of carbonyl (C=O) groups excluding carboxylic acids is 2. The van der Waals surface area contributed by atoms with Crippen molar-refractivity contribution in [2.24, 2.45) is 0 Å². The standard InChI is InChI=1S/C18H19N3O6S/c1-18(16(22)19-17(23)20-18)11-5-4-6-12(9-11)21-28(24,25)13-7-8-14(26-2)15(10-13)27-3/h4-10,21H,1-3H3,(H2,19,20,22,23)/t18-/m0/s1. The molecule has 1 atom stereocenters. The van der Waals surface area contributed by atoms with Gasteiger partial charge in [-0.2, -0.15) is 0 Å². The third-order valence-electron chi connectivity index (χ3n) is 4.40. The predicted octanol–water partition coefficient (Wildman–Crippen LogP) is 1.56. The second-order valence-electron chi connectivity index (χ2n) is 6.24. The van der Waals surface area contributed by atoms with E-state index in [1.165, 1.54) is 45.4 Å². The van der Waals surface area contributed by atoms with Gasteiger partial charge in [0.05, 0.1) is 19.1 Å². The molecular formula is C18H19N3O6S. The molecule has 3 amide bonds. The number of sulfonamides is 1. The van der Waals surface area contributed by atoms with E-state index in [1.807, 2.05) is 0 Å². The first-order valence-corrected chi connectivity index (χ1v) is 9.67. The number of nitrogens with one attached hydrogen (secondary N) is 3. The molecular weight excluding hydrogens is 386 g/mol. The molecule has 2 aromatic carbocycles. The number of imide groups is 1. The number of ether oxygens (including phenoxy) is 2. The first-order valence-electron chi connectivity index (χ1n) is 8.18. The highest BCUT2D eigenvalue weighted by atomic mass is 32.2. The fourth-order valence-corrected chi connectivity index (χ4v) is 3.90. The van der Waals surface area contributed by atoms with E-state index < -0.39 is 27.5 Å². The number of methoxy groups -OCH3 is 2. The molecule has 2 aromatic rings. The lowest BCUT2D eigenvalue weighted by molar-refractivity contribution is -0.123. The van der Waals surface area contributed by atoms with Crippen molar-refractivity contribution in [2.45, 2.75) is 17.4 Å². The summed E-state index contributed by atoms with van der Waals surface area (Å²) in [7, 11) is -1.07. The van der Waals surface area contributed by atoms with Crippen LogP contribution < -0.4 is 24.8 Å². The van der Waals surface area contributed by atoms with Crippen molar-refractivity contribution in [3.05, 3.63) is 48.0 Å². The third-order valence-corrected chi connectivity index (χ3v) is 5.78. The zero-order valence-corrected chi connectivity index (χ0v) is 16.2. The topological polar surface area (TPSA) is 123 Å². The molecule has 28 heavy (non-hydrogen) atoms. The molecule has 1 heterocycles. The largest absolute Gasteiger partial charge is 0.493 e.